The molecule has 5 nitrogen and oxygen atoms in total. The SMILES string of the molecule is Cc1onc(C(=O)NC2CC2)c1COc1cccc(Cl)c1. The van der Waals surface area contributed by atoms with Gasteiger partial charge in [-0.1, -0.05) is 22.8 Å². The second-order valence-electron chi connectivity index (χ2n) is 5.06. The van der Waals surface area contributed by atoms with Gasteiger partial charge in [0.05, 0.1) is 5.56 Å². The van der Waals surface area contributed by atoms with Crippen molar-refractivity contribution in [2.45, 2.75) is 32.4 Å². The molecule has 0 atom stereocenters. The van der Waals surface area contributed by atoms with Crippen molar-refractivity contribution >= 4 is 17.5 Å². The number of ether oxygens (including phenoxy) is 1. The zero-order valence-corrected chi connectivity index (χ0v) is 12.3. The first kappa shape index (κ1) is 13.9. The topological polar surface area (TPSA) is 64.4 Å². The van der Waals surface area contributed by atoms with Gasteiger partial charge in [0.2, 0.25) is 0 Å². The van der Waals surface area contributed by atoms with Crippen LogP contribution in [0.1, 0.15) is 34.7 Å². The maximum Gasteiger partial charge on any atom is 0.274 e. The molecule has 1 aliphatic carbocycles. The molecule has 1 aliphatic rings. The van der Waals surface area contributed by atoms with Crippen LogP contribution in [0.15, 0.2) is 28.8 Å². The van der Waals surface area contributed by atoms with Gasteiger partial charge in [-0.25, -0.2) is 0 Å². The number of rotatable bonds is 5. The van der Waals surface area contributed by atoms with Gasteiger partial charge in [0.15, 0.2) is 5.69 Å². The number of carbonyl (C=O) groups excluding carboxylic acids is 1. The fourth-order valence-electron chi connectivity index (χ4n) is 1.93. The smallest absolute Gasteiger partial charge is 0.274 e. The van der Waals surface area contributed by atoms with Gasteiger partial charge < -0.3 is 14.6 Å². The highest BCUT2D eigenvalue weighted by molar-refractivity contribution is 6.30. The Hall–Kier alpha value is -2.01. The quantitative estimate of drug-likeness (QED) is 0.922. The predicted molar refractivity (Wildman–Crippen MR) is 77.5 cm³/mol. The lowest BCUT2D eigenvalue weighted by Gasteiger charge is -2.07. The summed E-state index contributed by atoms with van der Waals surface area (Å²) < 4.78 is 10.8. The third kappa shape index (κ3) is 3.36. The molecular weight excluding hydrogens is 292 g/mol. The van der Waals surface area contributed by atoms with Crippen molar-refractivity contribution in [2.24, 2.45) is 0 Å². The molecule has 0 saturated heterocycles. The zero-order chi connectivity index (χ0) is 14.8. The van der Waals surface area contributed by atoms with Crippen LogP contribution >= 0.6 is 11.6 Å². The normalized spacial score (nSPS) is 14.0. The lowest BCUT2D eigenvalue weighted by molar-refractivity contribution is 0.0940. The minimum Gasteiger partial charge on any atom is -0.489 e. The monoisotopic (exact) mass is 306 g/mol. The Balaban J connectivity index is 1.72. The molecular formula is C15H15ClN2O3. The van der Waals surface area contributed by atoms with Gasteiger partial charge in [0, 0.05) is 11.1 Å². The van der Waals surface area contributed by atoms with Gasteiger partial charge in [-0.3, -0.25) is 4.79 Å². The van der Waals surface area contributed by atoms with E-state index in [1.165, 1.54) is 0 Å². The molecule has 0 radical (unpaired) electrons. The number of amides is 1. The summed E-state index contributed by atoms with van der Waals surface area (Å²) >= 11 is 5.91. The Kier molecular flexibility index (Phi) is 3.84. The van der Waals surface area contributed by atoms with E-state index in [-0.39, 0.29) is 18.6 Å². The summed E-state index contributed by atoms with van der Waals surface area (Å²) in [6.45, 7) is 1.97. The third-order valence-electron chi connectivity index (χ3n) is 3.29. The average molecular weight is 307 g/mol. The lowest BCUT2D eigenvalue weighted by atomic mass is 10.2. The largest absolute Gasteiger partial charge is 0.489 e. The summed E-state index contributed by atoms with van der Waals surface area (Å²) in [4.78, 5) is 12.1. The Labute approximate surface area is 127 Å². The summed E-state index contributed by atoms with van der Waals surface area (Å²) in [6, 6.07) is 7.37. The van der Waals surface area contributed by atoms with E-state index in [1.54, 1.807) is 31.2 Å². The molecule has 0 unspecified atom stereocenters. The number of aromatic nitrogens is 1. The highest BCUT2D eigenvalue weighted by Crippen LogP contribution is 2.23. The van der Waals surface area contributed by atoms with Crippen molar-refractivity contribution in [1.29, 1.82) is 0 Å². The maximum atomic E-state index is 12.1. The average Bonchev–Trinajstić information content (AvgIpc) is 3.18. The first-order valence-corrected chi connectivity index (χ1v) is 7.15. The summed E-state index contributed by atoms with van der Waals surface area (Å²) in [5.41, 5.74) is 0.953. The molecule has 6 heteroatoms. The minimum absolute atomic E-state index is 0.209. The number of nitrogens with zero attached hydrogens (tertiary/aromatic N) is 1. The molecule has 1 aromatic carbocycles. The molecule has 0 spiro atoms. The Morgan fingerprint density at radius 2 is 2.33 bits per heavy atom. The number of benzene rings is 1. The van der Waals surface area contributed by atoms with Crippen molar-refractivity contribution < 1.29 is 14.1 Å². The number of hydrogen-bond acceptors (Lipinski definition) is 4. The first-order valence-electron chi connectivity index (χ1n) is 6.78. The Morgan fingerprint density at radius 1 is 1.52 bits per heavy atom. The van der Waals surface area contributed by atoms with E-state index in [9.17, 15) is 4.79 Å². The highest BCUT2D eigenvalue weighted by atomic mass is 35.5. The summed E-state index contributed by atoms with van der Waals surface area (Å²) in [5, 5.41) is 7.32. The standard InChI is InChI=1S/C15H15ClN2O3/c1-9-13(8-20-12-4-2-3-10(16)7-12)14(18-21-9)15(19)17-11-5-6-11/h2-4,7,11H,5-6,8H2,1H3,(H,17,19). The van der Waals surface area contributed by atoms with Crippen molar-refractivity contribution in [2.75, 3.05) is 0 Å². The number of aryl methyl sites for hydroxylation is 1. The molecule has 110 valence electrons. The molecule has 2 aromatic rings. The molecule has 1 saturated carbocycles. The highest BCUT2D eigenvalue weighted by Gasteiger charge is 2.27. The number of nitrogens with one attached hydrogen (secondary N) is 1. The first-order chi connectivity index (χ1) is 10.1. The molecule has 0 bridgehead atoms. The van der Waals surface area contributed by atoms with E-state index >= 15 is 0 Å². The zero-order valence-electron chi connectivity index (χ0n) is 11.6. The molecule has 3 rings (SSSR count). The van der Waals surface area contributed by atoms with Crippen LogP contribution in [0.25, 0.3) is 0 Å². The molecule has 1 amide bonds. The van der Waals surface area contributed by atoms with Crippen LogP contribution in [-0.2, 0) is 6.61 Å². The second-order valence-corrected chi connectivity index (χ2v) is 5.50. The summed E-state index contributed by atoms with van der Waals surface area (Å²) in [5.74, 6) is 1.01. The van der Waals surface area contributed by atoms with E-state index in [4.69, 9.17) is 20.9 Å². The fourth-order valence-corrected chi connectivity index (χ4v) is 2.11. The van der Waals surface area contributed by atoms with Crippen LogP contribution < -0.4 is 10.1 Å². The van der Waals surface area contributed by atoms with Crippen LogP contribution in [0.3, 0.4) is 0 Å². The second kappa shape index (κ2) is 5.77. The molecule has 1 N–H and O–H groups in total. The van der Waals surface area contributed by atoms with Crippen LogP contribution in [0.5, 0.6) is 5.75 Å². The number of hydrogen-bond donors (Lipinski definition) is 1. The van der Waals surface area contributed by atoms with E-state index in [1.807, 2.05) is 0 Å². The van der Waals surface area contributed by atoms with Gasteiger partial charge in [0.25, 0.3) is 5.91 Å². The van der Waals surface area contributed by atoms with Gasteiger partial charge in [-0.05, 0) is 38.0 Å². The summed E-state index contributed by atoms with van der Waals surface area (Å²) in [6.07, 6.45) is 2.05. The predicted octanol–water partition coefficient (Wildman–Crippen LogP) is 3.11. The van der Waals surface area contributed by atoms with Crippen LogP contribution in [0, 0.1) is 6.92 Å². The lowest BCUT2D eigenvalue weighted by Crippen LogP contribution is -2.26. The summed E-state index contributed by atoms with van der Waals surface area (Å²) in [7, 11) is 0. The van der Waals surface area contributed by atoms with Gasteiger partial charge in [0.1, 0.15) is 18.1 Å². The maximum absolute atomic E-state index is 12.1. The Bertz CT molecular complexity index is 665. The number of carbonyl (C=O) groups is 1. The molecule has 1 heterocycles. The van der Waals surface area contributed by atoms with E-state index in [2.05, 4.69) is 10.5 Å². The van der Waals surface area contributed by atoms with Crippen LogP contribution in [0.2, 0.25) is 5.02 Å². The van der Waals surface area contributed by atoms with Gasteiger partial charge in [-0.2, -0.15) is 0 Å². The van der Waals surface area contributed by atoms with Crippen LogP contribution in [0.4, 0.5) is 0 Å². The van der Waals surface area contributed by atoms with Crippen molar-refractivity contribution in [1.82, 2.24) is 10.5 Å². The molecule has 21 heavy (non-hydrogen) atoms. The minimum atomic E-state index is -0.209. The van der Waals surface area contributed by atoms with Crippen molar-refractivity contribution in [3.8, 4) is 5.75 Å². The van der Waals surface area contributed by atoms with Crippen LogP contribution in [-0.4, -0.2) is 17.1 Å². The van der Waals surface area contributed by atoms with E-state index in [0.717, 1.165) is 12.8 Å². The van der Waals surface area contributed by atoms with Gasteiger partial charge >= 0.3 is 0 Å². The van der Waals surface area contributed by atoms with Crippen molar-refractivity contribution in [3.63, 3.8) is 0 Å². The third-order valence-corrected chi connectivity index (χ3v) is 3.53. The molecule has 1 aromatic heterocycles. The van der Waals surface area contributed by atoms with E-state index in [0.29, 0.717) is 27.8 Å². The van der Waals surface area contributed by atoms with E-state index < -0.39 is 0 Å². The molecule has 1 fully saturated rings. The Morgan fingerprint density at radius 3 is 3.05 bits per heavy atom. The molecule has 0 aliphatic heterocycles. The van der Waals surface area contributed by atoms with Crippen molar-refractivity contribution in [3.05, 3.63) is 46.3 Å². The van der Waals surface area contributed by atoms with Gasteiger partial charge in [-0.15, -0.1) is 0 Å². The fraction of sp³-hybridized carbons (Fsp3) is 0.333. The number of halogens is 1.